The zero-order valence-electron chi connectivity index (χ0n) is 9.93. The van der Waals surface area contributed by atoms with E-state index >= 15 is 0 Å². The third-order valence-electron chi connectivity index (χ3n) is 2.97. The number of hydrogen-bond donors (Lipinski definition) is 1. The first-order valence-corrected chi connectivity index (χ1v) is 7.91. The average molecular weight is 290 g/mol. The smallest absolute Gasteiger partial charge is 0.182 e. The van der Waals surface area contributed by atoms with Crippen LogP contribution in [0.3, 0.4) is 0 Å². The molecule has 0 bridgehead atoms. The number of anilines is 1. The number of halogens is 1. The van der Waals surface area contributed by atoms with Gasteiger partial charge in [-0.2, -0.15) is 0 Å². The van der Waals surface area contributed by atoms with Gasteiger partial charge in [0.2, 0.25) is 0 Å². The van der Waals surface area contributed by atoms with Crippen molar-refractivity contribution in [1.82, 2.24) is 0 Å². The summed E-state index contributed by atoms with van der Waals surface area (Å²) in [4.78, 5) is 0.0957. The van der Waals surface area contributed by atoms with Gasteiger partial charge in [0, 0.05) is 12.3 Å². The van der Waals surface area contributed by atoms with Crippen molar-refractivity contribution in [2.24, 2.45) is 0 Å². The first-order valence-electron chi connectivity index (χ1n) is 5.88. The summed E-state index contributed by atoms with van der Waals surface area (Å²) in [5.74, 6) is -0.0316. The molecule has 1 aliphatic heterocycles. The lowest BCUT2D eigenvalue weighted by Gasteiger charge is -2.22. The van der Waals surface area contributed by atoms with Crippen LogP contribution in [0.25, 0.3) is 0 Å². The molecule has 1 aromatic carbocycles. The lowest BCUT2D eigenvalue weighted by Crippen LogP contribution is -2.27. The molecule has 1 unspecified atom stereocenters. The van der Waals surface area contributed by atoms with Crippen LogP contribution in [0, 0.1) is 0 Å². The fraction of sp³-hybridized carbons (Fsp3) is 0.500. The number of benzene rings is 1. The highest BCUT2D eigenvalue weighted by molar-refractivity contribution is 7.91. The molecule has 4 nitrogen and oxygen atoms in total. The van der Waals surface area contributed by atoms with Gasteiger partial charge in [-0.15, -0.1) is 0 Å². The molecule has 1 saturated heterocycles. The van der Waals surface area contributed by atoms with E-state index in [1.807, 2.05) is 0 Å². The van der Waals surface area contributed by atoms with Crippen molar-refractivity contribution in [2.45, 2.75) is 30.3 Å². The van der Waals surface area contributed by atoms with Crippen molar-refractivity contribution < 1.29 is 13.2 Å². The van der Waals surface area contributed by atoms with Crippen LogP contribution in [-0.2, 0) is 14.6 Å². The Bertz CT molecular complexity index is 524. The second-order valence-electron chi connectivity index (χ2n) is 4.46. The first kappa shape index (κ1) is 13.6. The van der Waals surface area contributed by atoms with E-state index in [4.69, 9.17) is 22.1 Å². The van der Waals surface area contributed by atoms with E-state index < -0.39 is 9.84 Å². The zero-order chi connectivity index (χ0) is 13.2. The molecular weight excluding hydrogens is 274 g/mol. The standard InChI is InChI=1S/C12H16ClNO3S/c13-11-5-4-9(14)7-12(11)18(15,16)8-10-3-1-2-6-17-10/h4-5,7,10H,1-3,6,8,14H2. The number of sulfone groups is 1. The molecule has 6 heteroatoms. The number of ether oxygens (including phenoxy) is 1. The quantitative estimate of drug-likeness (QED) is 0.867. The van der Waals surface area contributed by atoms with Crippen LogP contribution in [0.2, 0.25) is 5.02 Å². The average Bonchev–Trinajstić information content (AvgIpc) is 2.33. The van der Waals surface area contributed by atoms with Crippen molar-refractivity contribution in [2.75, 3.05) is 18.1 Å². The van der Waals surface area contributed by atoms with E-state index in [0.29, 0.717) is 12.3 Å². The molecule has 18 heavy (non-hydrogen) atoms. The lowest BCUT2D eigenvalue weighted by molar-refractivity contribution is 0.0305. The third kappa shape index (κ3) is 3.16. The van der Waals surface area contributed by atoms with E-state index in [2.05, 4.69) is 0 Å². The SMILES string of the molecule is Nc1ccc(Cl)c(S(=O)(=O)CC2CCCCO2)c1. The van der Waals surface area contributed by atoms with E-state index in [1.165, 1.54) is 12.1 Å². The summed E-state index contributed by atoms with van der Waals surface area (Å²) < 4.78 is 30.0. The second kappa shape index (κ2) is 5.47. The Morgan fingerprint density at radius 2 is 2.17 bits per heavy atom. The molecule has 0 radical (unpaired) electrons. The van der Waals surface area contributed by atoms with Crippen molar-refractivity contribution in [1.29, 1.82) is 0 Å². The van der Waals surface area contributed by atoms with Crippen LogP contribution in [0.5, 0.6) is 0 Å². The molecule has 0 aliphatic carbocycles. The molecule has 0 saturated carbocycles. The predicted octanol–water partition coefficient (Wildman–Crippen LogP) is 2.27. The molecule has 2 N–H and O–H groups in total. The summed E-state index contributed by atoms with van der Waals surface area (Å²) >= 11 is 5.92. The molecule has 0 aromatic heterocycles. The van der Waals surface area contributed by atoms with Gasteiger partial charge in [-0.05, 0) is 37.5 Å². The molecule has 2 rings (SSSR count). The van der Waals surface area contributed by atoms with Gasteiger partial charge >= 0.3 is 0 Å². The molecule has 1 heterocycles. The van der Waals surface area contributed by atoms with Crippen LogP contribution in [0.4, 0.5) is 5.69 Å². The van der Waals surface area contributed by atoms with Crippen molar-refractivity contribution >= 4 is 27.1 Å². The molecule has 1 atom stereocenters. The minimum absolute atomic E-state index is 0.0316. The van der Waals surface area contributed by atoms with Gasteiger partial charge in [0.15, 0.2) is 9.84 Å². The van der Waals surface area contributed by atoms with Crippen LogP contribution >= 0.6 is 11.6 Å². The fourth-order valence-corrected chi connectivity index (χ4v) is 4.11. The lowest BCUT2D eigenvalue weighted by atomic mass is 10.1. The summed E-state index contributed by atoms with van der Waals surface area (Å²) in [6, 6.07) is 4.49. The van der Waals surface area contributed by atoms with Crippen LogP contribution in [0.1, 0.15) is 19.3 Å². The summed E-state index contributed by atoms with van der Waals surface area (Å²) in [5.41, 5.74) is 5.99. The minimum atomic E-state index is -3.45. The predicted molar refractivity (Wildman–Crippen MR) is 71.5 cm³/mol. The topological polar surface area (TPSA) is 69.4 Å². The van der Waals surface area contributed by atoms with E-state index in [-0.39, 0.29) is 21.8 Å². The Morgan fingerprint density at radius 1 is 1.39 bits per heavy atom. The van der Waals surface area contributed by atoms with Crippen molar-refractivity contribution in [3.63, 3.8) is 0 Å². The molecule has 1 aliphatic rings. The van der Waals surface area contributed by atoms with Gasteiger partial charge < -0.3 is 10.5 Å². The Morgan fingerprint density at radius 3 is 2.83 bits per heavy atom. The van der Waals surface area contributed by atoms with Crippen LogP contribution in [0.15, 0.2) is 23.1 Å². The van der Waals surface area contributed by atoms with Gasteiger partial charge in [-0.25, -0.2) is 8.42 Å². The highest BCUT2D eigenvalue weighted by Crippen LogP contribution is 2.26. The minimum Gasteiger partial charge on any atom is -0.399 e. The molecular formula is C12H16ClNO3S. The maximum absolute atomic E-state index is 12.3. The van der Waals surface area contributed by atoms with Crippen LogP contribution in [-0.4, -0.2) is 26.9 Å². The fourth-order valence-electron chi connectivity index (χ4n) is 2.03. The van der Waals surface area contributed by atoms with Gasteiger partial charge in [-0.3, -0.25) is 0 Å². The summed E-state index contributed by atoms with van der Waals surface area (Å²) in [6.07, 6.45) is 2.54. The summed E-state index contributed by atoms with van der Waals surface area (Å²) in [5, 5.41) is 0.208. The van der Waals surface area contributed by atoms with Gasteiger partial charge in [0.1, 0.15) is 0 Å². The summed E-state index contributed by atoms with van der Waals surface area (Å²) in [6.45, 7) is 0.630. The maximum atomic E-state index is 12.3. The largest absolute Gasteiger partial charge is 0.399 e. The molecule has 0 amide bonds. The Balaban J connectivity index is 2.21. The number of nitrogens with two attached hydrogens (primary N) is 1. The second-order valence-corrected chi connectivity index (χ2v) is 6.87. The van der Waals surface area contributed by atoms with E-state index in [0.717, 1.165) is 19.3 Å². The Kier molecular flexibility index (Phi) is 4.14. The van der Waals surface area contributed by atoms with Gasteiger partial charge in [0.25, 0.3) is 0 Å². The highest BCUT2D eigenvalue weighted by Gasteiger charge is 2.25. The normalized spacial score (nSPS) is 20.8. The van der Waals surface area contributed by atoms with Crippen molar-refractivity contribution in [3.05, 3.63) is 23.2 Å². The Hall–Kier alpha value is -0.780. The van der Waals surface area contributed by atoms with E-state index in [1.54, 1.807) is 6.07 Å². The monoisotopic (exact) mass is 289 g/mol. The first-order chi connectivity index (χ1) is 8.49. The number of hydrogen-bond acceptors (Lipinski definition) is 4. The molecule has 1 aromatic rings. The summed E-state index contributed by atoms with van der Waals surface area (Å²) in [7, 11) is -3.45. The molecule has 0 spiro atoms. The van der Waals surface area contributed by atoms with Crippen LogP contribution < -0.4 is 5.73 Å². The number of rotatable bonds is 3. The van der Waals surface area contributed by atoms with Gasteiger partial charge in [-0.1, -0.05) is 11.6 Å². The zero-order valence-corrected chi connectivity index (χ0v) is 11.5. The molecule has 1 fully saturated rings. The highest BCUT2D eigenvalue weighted by atomic mass is 35.5. The van der Waals surface area contributed by atoms with E-state index in [9.17, 15) is 8.42 Å². The Labute approximate surface area is 112 Å². The molecule has 100 valence electrons. The maximum Gasteiger partial charge on any atom is 0.182 e. The third-order valence-corrected chi connectivity index (χ3v) is 5.23. The van der Waals surface area contributed by atoms with Gasteiger partial charge in [0.05, 0.1) is 21.8 Å². The van der Waals surface area contributed by atoms with Crippen molar-refractivity contribution in [3.8, 4) is 0 Å². The number of nitrogen functional groups attached to an aromatic ring is 1.